The quantitative estimate of drug-likeness (QED) is 0.694. The summed E-state index contributed by atoms with van der Waals surface area (Å²) in [6.07, 6.45) is 0. The highest BCUT2D eigenvalue weighted by atomic mass is 15.1. The molecule has 3 rings (SSSR count). The van der Waals surface area contributed by atoms with Gasteiger partial charge in [0.1, 0.15) is 5.82 Å². The van der Waals surface area contributed by atoms with E-state index in [9.17, 15) is 0 Å². The van der Waals surface area contributed by atoms with Crippen molar-refractivity contribution in [3.05, 3.63) is 70.9 Å². The topological polar surface area (TPSA) is 49.8 Å². The molecule has 0 saturated carbocycles. The van der Waals surface area contributed by atoms with Crippen molar-refractivity contribution in [3.8, 4) is 0 Å². The number of aryl methyl sites for hydroxylation is 3. The number of hydrogen-bond acceptors (Lipinski definition) is 4. The molecule has 0 radical (unpaired) electrons. The van der Waals surface area contributed by atoms with Gasteiger partial charge < -0.3 is 10.6 Å². The molecule has 0 atom stereocenters. The molecule has 0 saturated heterocycles. The molecular weight excluding hydrogens is 296 g/mol. The Hall–Kier alpha value is -2.88. The lowest BCUT2D eigenvalue weighted by atomic mass is 10.1. The standard InChI is InChI=1S/C20H22N4/c1-13-8-10-17(11-9-13)22-19-12-15(3)21-20(24-19)23-18-7-5-6-14(2)16(18)4/h5-12H,1-4H3,(H2,21,22,23,24). The van der Waals surface area contributed by atoms with Gasteiger partial charge in [-0.1, -0.05) is 29.8 Å². The average molecular weight is 318 g/mol. The normalized spacial score (nSPS) is 10.5. The van der Waals surface area contributed by atoms with Crippen LogP contribution in [-0.4, -0.2) is 9.97 Å². The summed E-state index contributed by atoms with van der Waals surface area (Å²) in [4.78, 5) is 9.08. The lowest BCUT2D eigenvalue weighted by molar-refractivity contribution is 1.10. The molecule has 4 heteroatoms. The summed E-state index contributed by atoms with van der Waals surface area (Å²) in [5, 5.41) is 6.66. The molecule has 0 amide bonds. The van der Waals surface area contributed by atoms with Crippen molar-refractivity contribution in [3.63, 3.8) is 0 Å². The number of nitrogens with zero attached hydrogens (tertiary/aromatic N) is 2. The van der Waals surface area contributed by atoms with Crippen LogP contribution >= 0.6 is 0 Å². The van der Waals surface area contributed by atoms with Crippen molar-refractivity contribution in [2.75, 3.05) is 10.6 Å². The van der Waals surface area contributed by atoms with Gasteiger partial charge in [-0.25, -0.2) is 4.98 Å². The zero-order valence-corrected chi connectivity index (χ0v) is 14.5. The van der Waals surface area contributed by atoms with Crippen molar-refractivity contribution >= 4 is 23.1 Å². The van der Waals surface area contributed by atoms with E-state index >= 15 is 0 Å². The van der Waals surface area contributed by atoms with Crippen LogP contribution in [0.2, 0.25) is 0 Å². The van der Waals surface area contributed by atoms with Crippen molar-refractivity contribution in [2.24, 2.45) is 0 Å². The molecule has 0 unspecified atom stereocenters. The fourth-order valence-electron chi connectivity index (χ4n) is 2.48. The van der Waals surface area contributed by atoms with E-state index in [1.807, 2.05) is 37.3 Å². The van der Waals surface area contributed by atoms with E-state index in [4.69, 9.17) is 0 Å². The van der Waals surface area contributed by atoms with Crippen LogP contribution in [0.4, 0.5) is 23.1 Å². The van der Waals surface area contributed by atoms with Gasteiger partial charge in [0, 0.05) is 23.1 Å². The summed E-state index contributed by atoms with van der Waals surface area (Å²) in [6, 6.07) is 16.4. The molecule has 0 aliphatic heterocycles. The molecule has 0 fully saturated rings. The van der Waals surface area contributed by atoms with E-state index in [2.05, 4.69) is 59.6 Å². The Bertz CT molecular complexity index is 854. The first-order valence-electron chi connectivity index (χ1n) is 8.04. The van der Waals surface area contributed by atoms with Gasteiger partial charge in [0.25, 0.3) is 0 Å². The number of benzene rings is 2. The first kappa shape index (κ1) is 16.0. The fraction of sp³-hybridized carbons (Fsp3) is 0.200. The highest BCUT2D eigenvalue weighted by molar-refractivity contribution is 5.63. The van der Waals surface area contributed by atoms with E-state index in [0.29, 0.717) is 5.95 Å². The second-order valence-corrected chi connectivity index (χ2v) is 6.08. The average Bonchev–Trinajstić information content (AvgIpc) is 2.54. The Balaban J connectivity index is 1.86. The molecule has 1 heterocycles. The third kappa shape index (κ3) is 3.71. The summed E-state index contributed by atoms with van der Waals surface area (Å²) in [5.41, 5.74) is 6.63. The molecule has 24 heavy (non-hydrogen) atoms. The molecule has 122 valence electrons. The van der Waals surface area contributed by atoms with Gasteiger partial charge in [-0.2, -0.15) is 4.98 Å². The lowest BCUT2D eigenvalue weighted by Crippen LogP contribution is -2.03. The van der Waals surface area contributed by atoms with Crippen LogP contribution in [0.25, 0.3) is 0 Å². The minimum absolute atomic E-state index is 0.596. The van der Waals surface area contributed by atoms with Gasteiger partial charge in [0.2, 0.25) is 5.95 Å². The van der Waals surface area contributed by atoms with Crippen LogP contribution in [0.15, 0.2) is 48.5 Å². The summed E-state index contributed by atoms with van der Waals surface area (Å²) in [5.74, 6) is 1.37. The van der Waals surface area contributed by atoms with Gasteiger partial charge >= 0.3 is 0 Å². The summed E-state index contributed by atoms with van der Waals surface area (Å²) in [7, 11) is 0. The molecule has 0 aliphatic rings. The number of anilines is 4. The van der Waals surface area contributed by atoms with Gasteiger partial charge in [-0.3, -0.25) is 0 Å². The zero-order chi connectivity index (χ0) is 17.1. The first-order valence-corrected chi connectivity index (χ1v) is 8.04. The molecule has 0 spiro atoms. The summed E-state index contributed by atoms with van der Waals surface area (Å²) in [6.45, 7) is 8.24. The molecule has 4 nitrogen and oxygen atoms in total. The van der Waals surface area contributed by atoms with E-state index in [-0.39, 0.29) is 0 Å². The predicted octanol–water partition coefficient (Wildman–Crippen LogP) is 5.20. The Morgan fingerprint density at radius 1 is 0.792 bits per heavy atom. The van der Waals surface area contributed by atoms with Crippen molar-refractivity contribution < 1.29 is 0 Å². The minimum Gasteiger partial charge on any atom is -0.340 e. The summed E-state index contributed by atoms with van der Waals surface area (Å²) < 4.78 is 0. The molecule has 0 bridgehead atoms. The molecule has 2 aromatic carbocycles. The SMILES string of the molecule is Cc1ccc(Nc2cc(C)nc(Nc3cccc(C)c3C)n2)cc1. The zero-order valence-electron chi connectivity index (χ0n) is 14.5. The molecule has 2 N–H and O–H groups in total. The van der Waals surface area contributed by atoms with Gasteiger partial charge in [0.15, 0.2) is 0 Å². The van der Waals surface area contributed by atoms with E-state index in [1.54, 1.807) is 0 Å². The van der Waals surface area contributed by atoms with Gasteiger partial charge in [0.05, 0.1) is 0 Å². The maximum absolute atomic E-state index is 4.58. The van der Waals surface area contributed by atoms with Crippen LogP contribution in [0.5, 0.6) is 0 Å². The Kier molecular flexibility index (Phi) is 4.47. The van der Waals surface area contributed by atoms with Crippen LogP contribution in [0.3, 0.4) is 0 Å². The fourth-order valence-corrected chi connectivity index (χ4v) is 2.48. The highest BCUT2D eigenvalue weighted by Gasteiger charge is 2.06. The molecule has 3 aromatic rings. The van der Waals surface area contributed by atoms with Crippen molar-refractivity contribution in [1.29, 1.82) is 0 Å². The smallest absolute Gasteiger partial charge is 0.229 e. The largest absolute Gasteiger partial charge is 0.340 e. The maximum Gasteiger partial charge on any atom is 0.229 e. The highest BCUT2D eigenvalue weighted by Crippen LogP contribution is 2.23. The third-order valence-electron chi connectivity index (χ3n) is 4.03. The summed E-state index contributed by atoms with van der Waals surface area (Å²) >= 11 is 0. The van der Waals surface area contributed by atoms with E-state index in [1.165, 1.54) is 16.7 Å². The minimum atomic E-state index is 0.596. The second-order valence-electron chi connectivity index (χ2n) is 6.08. The van der Waals surface area contributed by atoms with Crippen LogP contribution in [0.1, 0.15) is 22.4 Å². The number of rotatable bonds is 4. The van der Waals surface area contributed by atoms with E-state index < -0.39 is 0 Å². The van der Waals surface area contributed by atoms with Crippen LogP contribution < -0.4 is 10.6 Å². The monoisotopic (exact) mass is 318 g/mol. The van der Waals surface area contributed by atoms with E-state index in [0.717, 1.165) is 22.9 Å². The third-order valence-corrected chi connectivity index (χ3v) is 4.03. The van der Waals surface area contributed by atoms with Gasteiger partial charge in [-0.15, -0.1) is 0 Å². The molecule has 0 aliphatic carbocycles. The van der Waals surface area contributed by atoms with Gasteiger partial charge in [-0.05, 0) is 57.0 Å². The van der Waals surface area contributed by atoms with Crippen LogP contribution in [0, 0.1) is 27.7 Å². The first-order chi connectivity index (χ1) is 11.5. The van der Waals surface area contributed by atoms with Crippen molar-refractivity contribution in [2.45, 2.75) is 27.7 Å². The van der Waals surface area contributed by atoms with Crippen molar-refractivity contribution in [1.82, 2.24) is 9.97 Å². The second kappa shape index (κ2) is 6.71. The molecule has 1 aromatic heterocycles. The molecular formula is C20H22N4. The number of hydrogen-bond donors (Lipinski definition) is 2. The predicted molar refractivity (Wildman–Crippen MR) is 100 cm³/mol. The Labute approximate surface area is 143 Å². The number of nitrogens with one attached hydrogen (secondary N) is 2. The Morgan fingerprint density at radius 3 is 2.29 bits per heavy atom. The van der Waals surface area contributed by atoms with Crippen LogP contribution in [-0.2, 0) is 0 Å². The number of aromatic nitrogens is 2. The lowest BCUT2D eigenvalue weighted by Gasteiger charge is -2.12. The Morgan fingerprint density at radius 2 is 1.54 bits per heavy atom. The maximum atomic E-state index is 4.58.